The second-order valence-corrected chi connectivity index (χ2v) is 4.53. The van der Waals surface area contributed by atoms with Crippen LogP contribution in [-0.4, -0.2) is 13.2 Å². The van der Waals surface area contributed by atoms with Crippen LogP contribution in [0.3, 0.4) is 0 Å². The minimum atomic E-state index is 0.0262. The second kappa shape index (κ2) is 3.67. The molecule has 1 saturated heterocycles. The van der Waals surface area contributed by atoms with E-state index in [1.165, 1.54) is 19.3 Å². The predicted octanol–water partition coefficient (Wildman–Crippen LogP) is 2.50. The van der Waals surface area contributed by atoms with Gasteiger partial charge < -0.3 is 4.74 Å². The van der Waals surface area contributed by atoms with Gasteiger partial charge in [-0.2, -0.15) is 5.26 Å². The van der Waals surface area contributed by atoms with Crippen LogP contribution in [0.5, 0.6) is 0 Å². The van der Waals surface area contributed by atoms with Gasteiger partial charge in [-0.1, -0.05) is 12.8 Å². The maximum Gasteiger partial charge on any atom is 0.0689 e. The minimum absolute atomic E-state index is 0.0262. The van der Waals surface area contributed by atoms with Gasteiger partial charge in [-0.25, -0.2) is 0 Å². The molecule has 2 fully saturated rings. The molecule has 0 aromatic carbocycles. The van der Waals surface area contributed by atoms with Gasteiger partial charge in [0.25, 0.3) is 0 Å². The van der Waals surface area contributed by atoms with Crippen molar-refractivity contribution in [3.63, 3.8) is 0 Å². The number of rotatable bonds is 2. The Morgan fingerprint density at radius 1 is 1.38 bits per heavy atom. The molecule has 1 unspecified atom stereocenters. The lowest BCUT2D eigenvalue weighted by molar-refractivity contribution is 0.174. The zero-order valence-electron chi connectivity index (χ0n) is 8.09. The average Bonchev–Trinajstić information content (AvgIpc) is 2.77. The highest BCUT2D eigenvalue weighted by Crippen LogP contribution is 2.43. The molecule has 0 radical (unpaired) electrons. The molecule has 1 heterocycles. The van der Waals surface area contributed by atoms with Crippen molar-refractivity contribution in [2.45, 2.75) is 38.5 Å². The number of hydrogen-bond donors (Lipinski definition) is 0. The lowest BCUT2D eigenvalue weighted by Crippen LogP contribution is -2.19. The molecule has 2 nitrogen and oxygen atoms in total. The van der Waals surface area contributed by atoms with Crippen LogP contribution < -0.4 is 0 Å². The van der Waals surface area contributed by atoms with Crippen molar-refractivity contribution < 1.29 is 4.74 Å². The van der Waals surface area contributed by atoms with Crippen molar-refractivity contribution in [1.29, 1.82) is 5.26 Å². The highest BCUT2D eigenvalue weighted by Gasteiger charge is 2.36. The number of nitrogens with zero attached hydrogens (tertiary/aromatic N) is 1. The van der Waals surface area contributed by atoms with Crippen LogP contribution in [0.2, 0.25) is 0 Å². The molecular weight excluding hydrogens is 162 g/mol. The third kappa shape index (κ3) is 1.86. The molecule has 1 aliphatic heterocycles. The van der Waals surface area contributed by atoms with E-state index in [2.05, 4.69) is 6.07 Å². The van der Waals surface area contributed by atoms with Crippen molar-refractivity contribution >= 4 is 0 Å². The molecule has 2 heteroatoms. The van der Waals surface area contributed by atoms with E-state index in [1.807, 2.05) is 0 Å². The lowest BCUT2D eigenvalue weighted by atomic mass is 9.79. The normalized spacial score (nSPS) is 31.8. The first-order chi connectivity index (χ1) is 6.35. The molecule has 0 N–H and O–H groups in total. The summed E-state index contributed by atoms with van der Waals surface area (Å²) in [6, 6.07) is 2.55. The van der Waals surface area contributed by atoms with Crippen molar-refractivity contribution in [3.8, 4) is 6.07 Å². The first-order valence-corrected chi connectivity index (χ1v) is 5.34. The Kier molecular flexibility index (Phi) is 2.55. The van der Waals surface area contributed by atoms with Gasteiger partial charge in [-0.15, -0.1) is 0 Å². The summed E-state index contributed by atoms with van der Waals surface area (Å²) in [7, 11) is 0. The Bertz CT molecular complexity index is 207. The molecule has 2 aliphatic rings. The van der Waals surface area contributed by atoms with Crippen molar-refractivity contribution in [3.05, 3.63) is 0 Å². The zero-order chi connectivity index (χ0) is 9.15. The summed E-state index contributed by atoms with van der Waals surface area (Å²) >= 11 is 0. The van der Waals surface area contributed by atoms with E-state index in [0.717, 1.165) is 32.5 Å². The lowest BCUT2D eigenvalue weighted by Gasteiger charge is -2.22. The van der Waals surface area contributed by atoms with Crippen LogP contribution in [0, 0.1) is 22.7 Å². The van der Waals surface area contributed by atoms with Crippen LogP contribution in [-0.2, 0) is 4.74 Å². The fraction of sp³-hybridized carbons (Fsp3) is 0.909. The summed E-state index contributed by atoms with van der Waals surface area (Å²) in [5, 5.41) is 9.19. The monoisotopic (exact) mass is 179 g/mol. The third-order valence-corrected chi connectivity index (χ3v) is 3.50. The van der Waals surface area contributed by atoms with E-state index < -0.39 is 0 Å². The summed E-state index contributed by atoms with van der Waals surface area (Å²) in [6.45, 7) is 1.80. The van der Waals surface area contributed by atoms with Crippen molar-refractivity contribution in [2.24, 2.45) is 11.3 Å². The second-order valence-electron chi connectivity index (χ2n) is 4.53. The van der Waals surface area contributed by atoms with Gasteiger partial charge in [0.2, 0.25) is 0 Å². The zero-order valence-corrected chi connectivity index (χ0v) is 8.09. The van der Waals surface area contributed by atoms with Crippen molar-refractivity contribution in [1.82, 2.24) is 0 Å². The smallest absolute Gasteiger partial charge is 0.0689 e. The molecule has 0 amide bonds. The number of nitriles is 1. The molecule has 0 aromatic rings. The molecule has 72 valence electrons. The van der Waals surface area contributed by atoms with Crippen LogP contribution in [0.4, 0.5) is 0 Å². The molecule has 0 bridgehead atoms. The Balaban J connectivity index is 1.93. The van der Waals surface area contributed by atoms with Crippen LogP contribution in [0.25, 0.3) is 0 Å². The third-order valence-electron chi connectivity index (χ3n) is 3.50. The van der Waals surface area contributed by atoms with E-state index in [1.54, 1.807) is 0 Å². The van der Waals surface area contributed by atoms with Crippen LogP contribution in [0.1, 0.15) is 38.5 Å². The number of ether oxygens (including phenoxy) is 1. The maximum atomic E-state index is 9.19. The topological polar surface area (TPSA) is 33.0 Å². The maximum absolute atomic E-state index is 9.19. The Labute approximate surface area is 79.9 Å². The highest BCUT2D eigenvalue weighted by atomic mass is 16.5. The van der Waals surface area contributed by atoms with Gasteiger partial charge in [-0.05, 0) is 31.6 Å². The average molecular weight is 179 g/mol. The molecule has 13 heavy (non-hydrogen) atoms. The first-order valence-electron chi connectivity index (χ1n) is 5.34. The molecule has 0 spiro atoms. The Morgan fingerprint density at radius 2 is 2.15 bits per heavy atom. The largest absolute Gasteiger partial charge is 0.381 e. The SMILES string of the molecule is N#CC1(CC2CCOC2)CCCC1. The van der Waals surface area contributed by atoms with Crippen LogP contribution in [0.15, 0.2) is 0 Å². The molecule has 0 aromatic heterocycles. The van der Waals surface area contributed by atoms with Gasteiger partial charge in [0, 0.05) is 13.2 Å². The molecular formula is C11H17NO. The first kappa shape index (κ1) is 9.02. The summed E-state index contributed by atoms with van der Waals surface area (Å²) in [5.41, 5.74) is 0.0262. The van der Waals surface area contributed by atoms with Gasteiger partial charge in [0.05, 0.1) is 11.5 Å². The summed E-state index contributed by atoms with van der Waals surface area (Å²) < 4.78 is 5.35. The highest BCUT2D eigenvalue weighted by molar-refractivity contribution is 5.02. The van der Waals surface area contributed by atoms with Gasteiger partial charge in [0.1, 0.15) is 0 Å². The molecule has 1 aliphatic carbocycles. The summed E-state index contributed by atoms with van der Waals surface area (Å²) in [5.74, 6) is 0.665. The van der Waals surface area contributed by atoms with E-state index in [0.29, 0.717) is 5.92 Å². The van der Waals surface area contributed by atoms with E-state index in [4.69, 9.17) is 4.74 Å². The molecule has 1 atom stereocenters. The summed E-state index contributed by atoms with van der Waals surface area (Å²) in [4.78, 5) is 0. The Morgan fingerprint density at radius 3 is 2.69 bits per heavy atom. The van der Waals surface area contributed by atoms with Gasteiger partial charge >= 0.3 is 0 Å². The standard InChI is InChI=1S/C11H17NO/c12-9-11(4-1-2-5-11)7-10-3-6-13-8-10/h10H,1-8H2. The van der Waals surface area contributed by atoms with E-state index in [9.17, 15) is 5.26 Å². The van der Waals surface area contributed by atoms with Crippen molar-refractivity contribution in [2.75, 3.05) is 13.2 Å². The quantitative estimate of drug-likeness (QED) is 0.652. The predicted molar refractivity (Wildman–Crippen MR) is 50.1 cm³/mol. The minimum Gasteiger partial charge on any atom is -0.381 e. The van der Waals surface area contributed by atoms with Gasteiger partial charge in [-0.3, -0.25) is 0 Å². The fourth-order valence-corrected chi connectivity index (χ4v) is 2.71. The summed E-state index contributed by atoms with van der Waals surface area (Å²) in [6.07, 6.45) is 7.01. The number of hydrogen-bond acceptors (Lipinski definition) is 2. The van der Waals surface area contributed by atoms with Crippen LogP contribution >= 0.6 is 0 Å². The van der Waals surface area contributed by atoms with E-state index in [-0.39, 0.29) is 5.41 Å². The molecule has 1 saturated carbocycles. The van der Waals surface area contributed by atoms with Gasteiger partial charge in [0.15, 0.2) is 0 Å². The fourth-order valence-electron chi connectivity index (χ4n) is 2.71. The Hall–Kier alpha value is -0.550. The van der Waals surface area contributed by atoms with E-state index >= 15 is 0 Å². The molecule has 2 rings (SSSR count).